The molecule has 1 aliphatic carbocycles. The van der Waals surface area contributed by atoms with Crippen molar-refractivity contribution in [3.8, 4) is 22.9 Å². The molecule has 0 amide bonds. The second-order valence-electron chi connectivity index (χ2n) is 13.7. The van der Waals surface area contributed by atoms with Gasteiger partial charge in [-0.05, 0) is 82.9 Å². The number of hydrogen-bond donors (Lipinski definition) is 2. The number of carbonyl (C=O) groups is 2. The zero-order chi connectivity index (χ0) is 41.3. The van der Waals surface area contributed by atoms with Crippen molar-refractivity contribution in [1.29, 1.82) is 0 Å². The van der Waals surface area contributed by atoms with Gasteiger partial charge < -0.3 is 38.7 Å². The number of carbonyl (C=O) groups excluding carboxylic acids is 2. The Morgan fingerprint density at radius 3 is 1.60 bits per heavy atom. The Kier molecular flexibility index (Phi) is 12.9. The SMILES string of the molecule is CCOC(=O)c1cc(C(C)C)nc(Nc2ccc(-n3cnc(C)c3)c(OC)c2)n1.CCOC(=O)c1cc(C2CC2)nc(Nc2ccc(-n3cnc(C)c3)c(OC)c2)n1. The molecular weight excluding hydrogens is 741 g/mol. The first-order valence-electron chi connectivity index (χ1n) is 19.0. The van der Waals surface area contributed by atoms with Crippen molar-refractivity contribution in [3.05, 3.63) is 108 Å². The predicted octanol–water partition coefficient (Wildman–Crippen LogP) is 7.80. The molecule has 4 aromatic heterocycles. The van der Waals surface area contributed by atoms with Crippen LogP contribution in [0.4, 0.5) is 23.3 Å². The number of aromatic nitrogens is 8. The number of anilines is 4. The van der Waals surface area contributed by atoms with Gasteiger partial charge in [0.1, 0.15) is 11.5 Å². The summed E-state index contributed by atoms with van der Waals surface area (Å²) in [5.74, 6) is 1.64. The molecular formula is C42H48N10O6. The minimum atomic E-state index is -0.469. The van der Waals surface area contributed by atoms with E-state index in [-0.39, 0.29) is 23.9 Å². The number of rotatable bonds is 14. The summed E-state index contributed by atoms with van der Waals surface area (Å²) in [6.07, 6.45) is 9.48. The molecule has 58 heavy (non-hydrogen) atoms. The molecule has 0 bridgehead atoms. The number of nitrogens with zero attached hydrogens (tertiary/aromatic N) is 8. The van der Waals surface area contributed by atoms with E-state index >= 15 is 0 Å². The van der Waals surface area contributed by atoms with E-state index in [0.29, 0.717) is 35.9 Å². The molecule has 1 aliphatic rings. The highest BCUT2D eigenvalue weighted by Crippen LogP contribution is 2.40. The standard InChI is InChI=1S/C21H23N5O3.C21H25N5O3/c1-4-29-20(27)17-10-16(14-5-6-14)24-21(25-17)23-15-7-8-18(19(9-15)28-3)26-11-13(2)22-12-26;1-6-29-20(27)17-10-16(13(2)3)24-21(25-17)23-15-7-8-18(19(9-15)28-5)26-11-14(4)22-12-26/h7-12,14H,4-6H2,1-3H3,(H,23,24,25);7-13H,6H2,1-5H3,(H,23,24,25). The maximum Gasteiger partial charge on any atom is 0.357 e. The van der Waals surface area contributed by atoms with Crippen LogP contribution in [0.1, 0.15) is 96.1 Å². The van der Waals surface area contributed by atoms with Gasteiger partial charge in [-0.3, -0.25) is 0 Å². The van der Waals surface area contributed by atoms with Gasteiger partial charge in [-0.15, -0.1) is 0 Å². The van der Waals surface area contributed by atoms with Crippen molar-refractivity contribution >= 4 is 35.2 Å². The van der Waals surface area contributed by atoms with Crippen LogP contribution in [-0.2, 0) is 9.47 Å². The van der Waals surface area contributed by atoms with Crippen molar-refractivity contribution in [1.82, 2.24) is 39.0 Å². The molecule has 7 rings (SSSR count). The molecule has 0 spiro atoms. The number of esters is 2. The lowest BCUT2D eigenvalue weighted by Crippen LogP contribution is -2.12. The largest absolute Gasteiger partial charge is 0.494 e. The first-order chi connectivity index (χ1) is 28.0. The molecule has 0 saturated heterocycles. The van der Waals surface area contributed by atoms with Crippen LogP contribution < -0.4 is 20.1 Å². The van der Waals surface area contributed by atoms with Crippen LogP contribution in [0.25, 0.3) is 11.4 Å². The zero-order valence-corrected chi connectivity index (χ0v) is 33.9. The molecule has 302 valence electrons. The van der Waals surface area contributed by atoms with E-state index < -0.39 is 11.9 Å². The number of ether oxygens (including phenoxy) is 4. The number of nitrogens with one attached hydrogen (secondary N) is 2. The average molecular weight is 789 g/mol. The Balaban J connectivity index is 0.000000196. The summed E-state index contributed by atoms with van der Waals surface area (Å²) in [5, 5.41) is 6.35. The third-order valence-corrected chi connectivity index (χ3v) is 8.90. The molecule has 6 aromatic rings. The monoisotopic (exact) mass is 788 g/mol. The maximum absolute atomic E-state index is 12.2. The molecule has 1 saturated carbocycles. The van der Waals surface area contributed by atoms with E-state index in [1.807, 2.05) is 85.6 Å². The highest BCUT2D eigenvalue weighted by atomic mass is 16.5. The van der Waals surface area contributed by atoms with Gasteiger partial charge in [0.05, 0.1) is 62.9 Å². The van der Waals surface area contributed by atoms with Crippen molar-refractivity contribution < 1.29 is 28.5 Å². The van der Waals surface area contributed by atoms with Crippen LogP contribution in [0.5, 0.6) is 11.5 Å². The quantitative estimate of drug-likeness (QED) is 0.102. The topological polar surface area (TPSA) is 182 Å². The molecule has 0 atom stereocenters. The van der Waals surface area contributed by atoms with Gasteiger partial charge in [0, 0.05) is 53.2 Å². The van der Waals surface area contributed by atoms with E-state index in [1.165, 1.54) is 0 Å². The fraction of sp³-hybridized carbons (Fsp3) is 0.333. The molecule has 0 radical (unpaired) electrons. The van der Waals surface area contributed by atoms with E-state index in [2.05, 4.69) is 40.5 Å². The van der Waals surface area contributed by atoms with Gasteiger partial charge in [-0.1, -0.05) is 13.8 Å². The Labute approximate surface area is 337 Å². The number of benzene rings is 2. The van der Waals surface area contributed by atoms with Gasteiger partial charge in [-0.25, -0.2) is 39.5 Å². The number of aryl methyl sites for hydroxylation is 2. The minimum absolute atomic E-state index is 0.133. The summed E-state index contributed by atoms with van der Waals surface area (Å²) in [5.41, 5.74) is 7.18. The molecule has 16 heteroatoms. The van der Waals surface area contributed by atoms with E-state index in [4.69, 9.17) is 18.9 Å². The van der Waals surface area contributed by atoms with E-state index in [0.717, 1.165) is 58.4 Å². The fourth-order valence-corrected chi connectivity index (χ4v) is 5.85. The number of methoxy groups -OCH3 is 2. The lowest BCUT2D eigenvalue weighted by atomic mass is 10.1. The third-order valence-electron chi connectivity index (χ3n) is 8.90. The van der Waals surface area contributed by atoms with Gasteiger partial charge in [0.25, 0.3) is 0 Å². The summed E-state index contributed by atoms with van der Waals surface area (Å²) in [7, 11) is 3.23. The second-order valence-corrected chi connectivity index (χ2v) is 13.7. The lowest BCUT2D eigenvalue weighted by molar-refractivity contribution is 0.0510. The van der Waals surface area contributed by atoms with Crippen molar-refractivity contribution in [3.63, 3.8) is 0 Å². The predicted molar refractivity (Wildman–Crippen MR) is 218 cm³/mol. The Hall–Kier alpha value is -6.84. The lowest BCUT2D eigenvalue weighted by Gasteiger charge is -2.14. The fourth-order valence-electron chi connectivity index (χ4n) is 5.85. The summed E-state index contributed by atoms with van der Waals surface area (Å²) >= 11 is 0. The Morgan fingerprint density at radius 1 is 0.707 bits per heavy atom. The van der Waals surface area contributed by atoms with E-state index in [9.17, 15) is 9.59 Å². The molecule has 4 heterocycles. The second kappa shape index (κ2) is 18.4. The first kappa shape index (κ1) is 40.8. The van der Waals surface area contributed by atoms with Crippen LogP contribution in [0.3, 0.4) is 0 Å². The number of imidazole rings is 2. The van der Waals surface area contributed by atoms with Crippen LogP contribution in [0.15, 0.2) is 73.6 Å². The molecule has 2 N–H and O–H groups in total. The van der Waals surface area contributed by atoms with Crippen LogP contribution in [0.2, 0.25) is 0 Å². The molecule has 0 aliphatic heterocycles. The van der Waals surface area contributed by atoms with Gasteiger partial charge in [-0.2, -0.15) is 0 Å². The van der Waals surface area contributed by atoms with Gasteiger partial charge in [0.2, 0.25) is 11.9 Å². The smallest absolute Gasteiger partial charge is 0.357 e. The normalized spacial score (nSPS) is 12.0. The Bertz CT molecular complexity index is 2230. The first-order valence-corrected chi connectivity index (χ1v) is 19.0. The molecule has 1 fully saturated rings. The van der Waals surface area contributed by atoms with Crippen molar-refractivity contribution in [2.75, 3.05) is 38.1 Å². The van der Waals surface area contributed by atoms with E-state index in [1.54, 1.807) is 52.9 Å². The van der Waals surface area contributed by atoms with Crippen LogP contribution >= 0.6 is 0 Å². The zero-order valence-electron chi connectivity index (χ0n) is 33.9. The van der Waals surface area contributed by atoms with Gasteiger partial charge in [0.15, 0.2) is 11.4 Å². The van der Waals surface area contributed by atoms with Crippen LogP contribution in [0, 0.1) is 13.8 Å². The highest BCUT2D eigenvalue weighted by Gasteiger charge is 2.27. The molecule has 0 unspecified atom stereocenters. The maximum atomic E-state index is 12.2. The highest BCUT2D eigenvalue weighted by molar-refractivity contribution is 5.88. The summed E-state index contributed by atoms with van der Waals surface area (Å²) in [4.78, 5) is 50.6. The third kappa shape index (κ3) is 10.1. The average Bonchev–Trinajstić information content (AvgIpc) is 3.85. The minimum Gasteiger partial charge on any atom is -0.494 e. The number of hydrogen-bond acceptors (Lipinski definition) is 14. The van der Waals surface area contributed by atoms with Crippen molar-refractivity contribution in [2.45, 2.75) is 66.2 Å². The summed E-state index contributed by atoms with van der Waals surface area (Å²) < 4.78 is 25.1. The molecule has 16 nitrogen and oxygen atoms in total. The summed E-state index contributed by atoms with van der Waals surface area (Å²) in [6.45, 7) is 12.0. The van der Waals surface area contributed by atoms with Gasteiger partial charge >= 0.3 is 11.9 Å². The Morgan fingerprint density at radius 2 is 1.19 bits per heavy atom. The van der Waals surface area contributed by atoms with Crippen molar-refractivity contribution in [2.24, 2.45) is 0 Å². The molecule has 2 aromatic carbocycles. The summed E-state index contributed by atoms with van der Waals surface area (Å²) in [6, 6.07) is 14.7. The van der Waals surface area contributed by atoms with Crippen LogP contribution in [-0.4, -0.2) is 78.4 Å².